The summed E-state index contributed by atoms with van der Waals surface area (Å²) in [5.41, 5.74) is 5.55. The summed E-state index contributed by atoms with van der Waals surface area (Å²) in [6.45, 7) is 25.8. The molecule has 0 aliphatic carbocycles. The molecule has 3 nitrogen and oxygen atoms in total. The standard InChI is InChI=1S/C36H56O3Si2/c1-26(2)40(27(3)4,28(5)6)25-23-34-30(8)35(37)29(7)33(39-34)22-24-38-41(36(9,10)11,31-18-14-12-15-19-31)32-20-16-13-17-21-32/h12-21,26-30,33-35,37H,22,24H2,1-11H3/t29-,30-,33+,34-,35-/m0/s1. The first-order valence-electron chi connectivity index (χ1n) is 15.8. The Labute approximate surface area is 253 Å². The van der Waals surface area contributed by atoms with Gasteiger partial charge in [-0.05, 0) is 38.5 Å². The third-order valence-electron chi connectivity index (χ3n) is 9.90. The lowest BCUT2D eigenvalue weighted by Gasteiger charge is -2.44. The molecule has 0 aromatic heterocycles. The first kappa shape index (κ1) is 33.8. The highest BCUT2D eigenvalue weighted by atomic mass is 28.4. The largest absolute Gasteiger partial charge is 0.407 e. The summed E-state index contributed by atoms with van der Waals surface area (Å²) in [5, 5.41) is 13.8. The molecule has 0 unspecified atom stereocenters. The van der Waals surface area contributed by atoms with Gasteiger partial charge in [-0.15, -0.1) is 5.54 Å². The minimum absolute atomic E-state index is 0.0214. The van der Waals surface area contributed by atoms with E-state index in [9.17, 15) is 5.11 Å². The van der Waals surface area contributed by atoms with Crippen molar-refractivity contribution in [2.75, 3.05) is 6.61 Å². The zero-order valence-electron chi connectivity index (χ0n) is 27.6. The number of aliphatic hydroxyl groups excluding tert-OH is 1. The molecule has 3 rings (SSSR count). The highest BCUT2D eigenvalue weighted by Gasteiger charge is 2.50. The van der Waals surface area contributed by atoms with Gasteiger partial charge in [-0.3, -0.25) is 0 Å². The Morgan fingerprint density at radius 3 is 1.68 bits per heavy atom. The van der Waals surface area contributed by atoms with E-state index in [-0.39, 0.29) is 29.1 Å². The van der Waals surface area contributed by atoms with E-state index in [1.165, 1.54) is 10.4 Å². The number of aliphatic hydroxyl groups is 1. The number of hydrogen-bond donors (Lipinski definition) is 1. The van der Waals surface area contributed by atoms with Gasteiger partial charge in [-0.2, -0.15) is 0 Å². The average molecular weight is 593 g/mol. The lowest BCUT2D eigenvalue weighted by atomic mass is 9.82. The molecule has 5 atom stereocenters. The Morgan fingerprint density at radius 1 is 0.805 bits per heavy atom. The van der Waals surface area contributed by atoms with Gasteiger partial charge in [0.25, 0.3) is 8.32 Å². The van der Waals surface area contributed by atoms with Gasteiger partial charge in [0.2, 0.25) is 0 Å². The fourth-order valence-electron chi connectivity index (χ4n) is 7.53. The Hall–Kier alpha value is -1.69. The van der Waals surface area contributed by atoms with Gasteiger partial charge >= 0.3 is 0 Å². The molecule has 1 heterocycles. The van der Waals surface area contributed by atoms with Crippen LogP contribution in [0, 0.1) is 23.3 Å². The monoisotopic (exact) mass is 592 g/mol. The average Bonchev–Trinajstić information content (AvgIpc) is 2.91. The van der Waals surface area contributed by atoms with Gasteiger partial charge in [-0.25, -0.2) is 0 Å². The topological polar surface area (TPSA) is 38.7 Å². The smallest absolute Gasteiger partial charge is 0.261 e. The van der Waals surface area contributed by atoms with Crippen LogP contribution in [0.3, 0.4) is 0 Å². The second-order valence-electron chi connectivity index (χ2n) is 14.3. The molecule has 1 N–H and O–H groups in total. The van der Waals surface area contributed by atoms with Crippen LogP contribution < -0.4 is 10.4 Å². The highest BCUT2D eigenvalue weighted by molar-refractivity contribution is 6.99. The zero-order valence-corrected chi connectivity index (χ0v) is 29.6. The van der Waals surface area contributed by atoms with Gasteiger partial charge in [0.1, 0.15) is 14.2 Å². The Kier molecular flexibility index (Phi) is 11.3. The summed E-state index contributed by atoms with van der Waals surface area (Å²) < 4.78 is 13.9. The van der Waals surface area contributed by atoms with Crippen molar-refractivity contribution in [3.8, 4) is 11.5 Å². The van der Waals surface area contributed by atoms with Crippen molar-refractivity contribution < 1.29 is 14.3 Å². The predicted octanol–water partition coefficient (Wildman–Crippen LogP) is 7.58. The fraction of sp³-hybridized carbons (Fsp3) is 0.611. The minimum Gasteiger partial charge on any atom is -0.407 e. The van der Waals surface area contributed by atoms with E-state index in [1.54, 1.807) is 0 Å². The zero-order chi connectivity index (χ0) is 30.6. The number of ether oxygens (including phenoxy) is 1. The van der Waals surface area contributed by atoms with Crippen molar-refractivity contribution in [3.05, 3.63) is 60.7 Å². The van der Waals surface area contributed by atoms with Crippen LogP contribution >= 0.6 is 0 Å². The van der Waals surface area contributed by atoms with Gasteiger partial charge < -0.3 is 14.3 Å². The van der Waals surface area contributed by atoms with Gasteiger partial charge in [0, 0.05) is 18.4 Å². The lowest BCUT2D eigenvalue weighted by Crippen LogP contribution is -2.66. The molecule has 0 amide bonds. The molecule has 0 radical (unpaired) electrons. The van der Waals surface area contributed by atoms with Crippen LogP contribution in [-0.4, -0.2) is 46.4 Å². The normalized spacial score (nSPS) is 24.0. The molecular weight excluding hydrogens is 537 g/mol. The molecule has 226 valence electrons. The Morgan fingerprint density at radius 2 is 1.27 bits per heavy atom. The molecule has 2 aromatic carbocycles. The molecule has 41 heavy (non-hydrogen) atoms. The third kappa shape index (κ3) is 6.78. The van der Waals surface area contributed by atoms with Crippen molar-refractivity contribution in [1.82, 2.24) is 0 Å². The van der Waals surface area contributed by atoms with Crippen molar-refractivity contribution in [3.63, 3.8) is 0 Å². The van der Waals surface area contributed by atoms with Crippen LogP contribution in [-0.2, 0) is 9.16 Å². The SMILES string of the molecule is CC(C)[Si](C#C[C@@H]1O[C@H](CCO[Si](c2ccccc2)(c2ccccc2)C(C)(C)C)[C@H](C)[C@H](O)[C@H]1C)(C(C)C)C(C)C. The predicted molar refractivity (Wildman–Crippen MR) is 180 cm³/mol. The van der Waals surface area contributed by atoms with E-state index in [0.717, 1.165) is 6.42 Å². The van der Waals surface area contributed by atoms with Gasteiger partial charge in [-0.1, -0.05) is 143 Å². The molecule has 0 spiro atoms. The van der Waals surface area contributed by atoms with Crippen LogP contribution in [0.1, 0.15) is 82.6 Å². The van der Waals surface area contributed by atoms with Crippen LogP contribution in [0.5, 0.6) is 0 Å². The Balaban J connectivity index is 1.90. The molecule has 0 bridgehead atoms. The van der Waals surface area contributed by atoms with E-state index < -0.39 is 22.5 Å². The second-order valence-corrected chi connectivity index (χ2v) is 24.2. The van der Waals surface area contributed by atoms with E-state index in [0.29, 0.717) is 23.2 Å². The van der Waals surface area contributed by atoms with Crippen LogP contribution in [0.4, 0.5) is 0 Å². The molecule has 1 aliphatic heterocycles. The molecule has 1 aliphatic rings. The summed E-state index contributed by atoms with van der Waals surface area (Å²) in [7, 11) is -4.51. The first-order chi connectivity index (χ1) is 19.2. The molecular formula is C36H56O3Si2. The first-order valence-corrected chi connectivity index (χ1v) is 19.9. The molecule has 2 aromatic rings. The van der Waals surface area contributed by atoms with Gasteiger partial charge in [0.15, 0.2) is 0 Å². The van der Waals surface area contributed by atoms with Crippen molar-refractivity contribution in [2.45, 2.75) is 123 Å². The summed E-state index contributed by atoms with van der Waals surface area (Å²) in [4.78, 5) is 0. The maximum absolute atomic E-state index is 11.3. The van der Waals surface area contributed by atoms with E-state index in [4.69, 9.17) is 9.16 Å². The summed E-state index contributed by atoms with van der Waals surface area (Å²) in [5.74, 6) is 3.62. The number of benzene rings is 2. The fourth-order valence-corrected chi connectivity index (χ4v) is 17.4. The molecule has 0 saturated carbocycles. The number of hydrogen-bond acceptors (Lipinski definition) is 3. The van der Waals surface area contributed by atoms with Crippen molar-refractivity contribution >= 4 is 26.8 Å². The molecule has 1 fully saturated rings. The Bertz CT molecular complexity index is 1080. The lowest BCUT2D eigenvalue weighted by molar-refractivity contribution is -0.147. The molecule has 5 heteroatoms. The van der Waals surface area contributed by atoms with E-state index in [2.05, 4.69) is 148 Å². The third-order valence-corrected chi connectivity index (χ3v) is 21.2. The molecule has 1 saturated heterocycles. The quantitative estimate of drug-likeness (QED) is 0.241. The summed E-state index contributed by atoms with van der Waals surface area (Å²) >= 11 is 0. The van der Waals surface area contributed by atoms with E-state index in [1.807, 2.05) is 0 Å². The van der Waals surface area contributed by atoms with Crippen LogP contribution in [0.15, 0.2) is 60.7 Å². The van der Waals surface area contributed by atoms with Crippen molar-refractivity contribution in [1.29, 1.82) is 0 Å². The maximum Gasteiger partial charge on any atom is 0.261 e. The highest BCUT2D eigenvalue weighted by Crippen LogP contribution is 2.41. The van der Waals surface area contributed by atoms with Crippen molar-refractivity contribution in [2.24, 2.45) is 11.8 Å². The van der Waals surface area contributed by atoms with Gasteiger partial charge in [0.05, 0.1) is 12.2 Å². The summed E-state index contributed by atoms with van der Waals surface area (Å²) in [6, 6.07) is 21.6. The number of rotatable bonds is 9. The van der Waals surface area contributed by atoms with E-state index >= 15 is 0 Å². The van der Waals surface area contributed by atoms with Crippen LogP contribution in [0.2, 0.25) is 21.7 Å². The second kappa shape index (κ2) is 13.7. The van der Waals surface area contributed by atoms with Crippen LogP contribution in [0.25, 0.3) is 0 Å². The minimum atomic E-state index is -2.62. The summed E-state index contributed by atoms with van der Waals surface area (Å²) in [6.07, 6.45) is -0.0855. The maximum atomic E-state index is 11.3.